The van der Waals surface area contributed by atoms with Crippen molar-refractivity contribution in [3.05, 3.63) is 17.7 Å². The van der Waals surface area contributed by atoms with Crippen molar-refractivity contribution >= 4 is 11.6 Å². The summed E-state index contributed by atoms with van der Waals surface area (Å²) in [6.45, 7) is 2.48. The zero-order valence-electron chi connectivity index (χ0n) is 9.97. The third kappa shape index (κ3) is 1.65. The van der Waals surface area contributed by atoms with E-state index in [2.05, 4.69) is 0 Å². The molecule has 96 valence electrons. The van der Waals surface area contributed by atoms with Gasteiger partial charge in [-0.2, -0.15) is 0 Å². The van der Waals surface area contributed by atoms with Gasteiger partial charge in [-0.15, -0.1) is 0 Å². The Morgan fingerprint density at radius 2 is 2.00 bits per heavy atom. The summed E-state index contributed by atoms with van der Waals surface area (Å²) in [5.74, 6) is 0.886. The van der Waals surface area contributed by atoms with Crippen molar-refractivity contribution in [3.63, 3.8) is 0 Å². The van der Waals surface area contributed by atoms with Crippen LogP contribution in [0.25, 0.3) is 0 Å². The molecule has 0 unspecified atom stereocenters. The highest BCUT2D eigenvalue weighted by Crippen LogP contribution is 2.37. The molecule has 3 rings (SSSR count). The zero-order chi connectivity index (χ0) is 12.9. The summed E-state index contributed by atoms with van der Waals surface area (Å²) in [4.78, 5) is 13.7. The Morgan fingerprint density at radius 3 is 2.61 bits per heavy atom. The minimum atomic E-state index is -0.791. The molecule has 1 amide bonds. The summed E-state index contributed by atoms with van der Waals surface area (Å²) in [6.07, 6.45) is 0. The number of hydrogen-bond acceptors (Lipinski definition) is 5. The minimum Gasteiger partial charge on any atom is -0.454 e. The maximum absolute atomic E-state index is 12.2. The predicted octanol–water partition coefficient (Wildman–Crippen LogP) is 0.204. The summed E-state index contributed by atoms with van der Waals surface area (Å²) >= 11 is 0. The van der Waals surface area contributed by atoms with E-state index in [0.717, 1.165) is 0 Å². The Morgan fingerprint density at radius 1 is 1.39 bits per heavy atom. The van der Waals surface area contributed by atoms with Gasteiger partial charge in [0.15, 0.2) is 11.5 Å². The van der Waals surface area contributed by atoms with Crippen LogP contribution in [0.1, 0.15) is 17.3 Å². The SMILES string of the molecule is CC1(O)CN(C(=O)c2cc3c(cc2N)OCO3)C1. The molecule has 0 bridgehead atoms. The van der Waals surface area contributed by atoms with E-state index in [9.17, 15) is 9.90 Å². The lowest BCUT2D eigenvalue weighted by Gasteiger charge is -2.44. The highest BCUT2D eigenvalue weighted by Gasteiger charge is 2.40. The summed E-state index contributed by atoms with van der Waals surface area (Å²) in [7, 11) is 0. The number of carbonyl (C=O) groups is 1. The molecule has 0 aliphatic carbocycles. The Hall–Kier alpha value is -1.95. The number of fused-ring (bicyclic) bond motifs is 1. The predicted molar refractivity (Wildman–Crippen MR) is 63.5 cm³/mol. The number of likely N-dealkylation sites (tertiary alicyclic amines) is 1. The van der Waals surface area contributed by atoms with E-state index in [4.69, 9.17) is 15.2 Å². The van der Waals surface area contributed by atoms with Crippen molar-refractivity contribution in [2.75, 3.05) is 25.6 Å². The van der Waals surface area contributed by atoms with Crippen molar-refractivity contribution in [2.24, 2.45) is 0 Å². The number of amides is 1. The number of rotatable bonds is 1. The quantitative estimate of drug-likeness (QED) is 0.696. The second-order valence-electron chi connectivity index (χ2n) is 4.95. The smallest absolute Gasteiger partial charge is 0.256 e. The minimum absolute atomic E-state index is 0.144. The van der Waals surface area contributed by atoms with Crippen molar-refractivity contribution in [3.8, 4) is 11.5 Å². The van der Waals surface area contributed by atoms with E-state index in [1.54, 1.807) is 24.0 Å². The number of nitrogens with two attached hydrogens (primary N) is 1. The number of nitrogens with zero attached hydrogens (tertiary/aromatic N) is 1. The fourth-order valence-corrected chi connectivity index (χ4v) is 2.23. The van der Waals surface area contributed by atoms with Gasteiger partial charge < -0.3 is 25.2 Å². The van der Waals surface area contributed by atoms with Gasteiger partial charge in [-0.25, -0.2) is 0 Å². The van der Waals surface area contributed by atoms with E-state index in [1.807, 2.05) is 0 Å². The van der Waals surface area contributed by atoms with Gasteiger partial charge in [-0.1, -0.05) is 0 Å². The van der Waals surface area contributed by atoms with E-state index in [0.29, 0.717) is 35.8 Å². The van der Waals surface area contributed by atoms with Crippen LogP contribution < -0.4 is 15.2 Å². The normalized spacial score (nSPS) is 19.6. The standard InChI is InChI=1S/C12H14N2O4/c1-12(16)4-14(5-12)11(15)7-2-9-10(3-8(7)13)18-6-17-9/h2-3,16H,4-6,13H2,1H3. The molecule has 18 heavy (non-hydrogen) atoms. The molecule has 3 N–H and O–H groups in total. The Labute approximate surface area is 104 Å². The lowest BCUT2D eigenvalue weighted by molar-refractivity contribution is -0.0668. The average Bonchev–Trinajstić information content (AvgIpc) is 2.70. The summed E-state index contributed by atoms with van der Waals surface area (Å²) in [5, 5.41) is 9.63. The van der Waals surface area contributed by atoms with Crippen LogP contribution in [0.15, 0.2) is 12.1 Å². The van der Waals surface area contributed by atoms with E-state index in [1.165, 1.54) is 0 Å². The molecular weight excluding hydrogens is 236 g/mol. The van der Waals surface area contributed by atoms with Crippen LogP contribution in [-0.4, -0.2) is 41.4 Å². The number of benzene rings is 1. The first kappa shape index (κ1) is 11.2. The zero-order valence-corrected chi connectivity index (χ0v) is 9.97. The fraction of sp³-hybridized carbons (Fsp3) is 0.417. The number of anilines is 1. The van der Waals surface area contributed by atoms with E-state index in [-0.39, 0.29) is 12.7 Å². The largest absolute Gasteiger partial charge is 0.454 e. The molecule has 2 aliphatic rings. The van der Waals surface area contributed by atoms with Crippen molar-refractivity contribution < 1.29 is 19.4 Å². The lowest BCUT2D eigenvalue weighted by atomic mass is 9.95. The maximum Gasteiger partial charge on any atom is 0.256 e. The Balaban J connectivity index is 1.86. The maximum atomic E-state index is 12.2. The molecule has 0 saturated carbocycles. The van der Waals surface area contributed by atoms with Crippen molar-refractivity contribution in [2.45, 2.75) is 12.5 Å². The van der Waals surface area contributed by atoms with Gasteiger partial charge in [-0.3, -0.25) is 4.79 Å². The molecule has 0 radical (unpaired) electrons. The second-order valence-corrected chi connectivity index (χ2v) is 4.95. The van der Waals surface area contributed by atoms with Gasteiger partial charge in [-0.05, 0) is 13.0 Å². The van der Waals surface area contributed by atoms with Crippen LogP contribution in [-0.2, 0) is 0 Å². The van der Waals surface area contributed by atoms with Gasteiger partial charge in [0, 0.05) is 11.8 Å². The van der Waals surface area contributed by atoms with Crippen LogP contribution in [0.4, 0.5) is 5.69 Å². The molecule has 2 aliphatic heterocycles. The van der Waals surface area contributed by atoms with Crippen LogP contribution in [0, 0.1) is 0 Å². The number of hydrogen-bond donors (Lipinski definition) is 2. The third-order valence-electron chi connectivity index (χ3n) is 3.13. The van der Waals surface area contributed by atoms with Gasteiger partial charge in [0.2, 0.25) is 6.79 Å². The molecular formula is C12H14N2O4. The van der Waals surface area contributed by atoms with E-state index < -0.39 is 5.60 Å². The number of nitrogen functional groups attached to an aromatic ring is 1. The molecule has 0 atom stereocenters. The molecule has 1 aromatic rings. The van der Waals surface area contributed by atoms with E-state index >= 15 is 0 Å². The van der Waals surface area contributed by atoms with Gasteiger partial charge >= 0.3 is 0 Å². The topological polar surface area (TPSA) is 85.0 Å². The number of carbonyl (C=O) groups excluding carboxylic acids is 1. The van der Waals surface area contributed by atoms with Crippen LogP contribution in [0.5, 0.6) is 11.5 Å². The molecule has 6 nitrogen and oxygen atoms in total. The molecule has 1 aromatic carbocycles. The number of β-amino-alcohol motifs (C(OH)–C–C–N with tert-alkyl or cyclic N) is 1. The highest BCUT2D eigenvalue weighted by atomic mass is 16.7. The van der Waals surface area contributed by atoms with Crippen molar-refractivity contribution in [1.82, 2.24) is 4.90 Å². The molecule has 0 aromatic heterocycles. The van der Waals surface area contributed by atoms with Gasteiger partial charge in [0.1, 0.15) is 0 Å². The van der Waals surface area contributed by atoms with Crippen LogP contribution in [0.3, 0.4) is 0 Å². The van der Waals surface area contributed by atoms with Crippen LogP contribution in [0.2, 0.25) is 0 Å². The number of ether oxygens (including phenoxy) is 2. The first-order chi connectivity index (χ1) is 8.46. The van der Waals surface area contributed by atoms with Crippen molar-refractivity contribution in [1.29, 1.82) is 0 Å². The summed E-state index contributed by atoms with van der Waals surface area (Å²) in [6, 6.07) is 3.18. The first-order valence-electron chi connectivity index (χ1n) is 5.67. The fourth-order valence-electron chi connectivity index (χ4n) is 2.23. The van der Waals surface area contributed by atoms with Crippen LogP contribution >= 0.6 is 0 Å². The monoisotopic (exact) mass is 250 g/mol. The molecule has 1 saturated heterocycles. The molecule has 1 fully saturated rings. The van der Waals surface area contributed by atoms with Gasteiger partial charge in [0.05, 0.1) is 24.3 Å². The first-order valence-corrected chi connectivity index (χ1v) is 5.67. The lowest BCUT2D eigenvalue weighted by Crippen LogP contribution is -2.61. The average molecular weight is 250 g/mol. The summed E-state index contributed by atoms with van der Waals surface area (Å²) < 4.78 is 10.4. The molecule has 0 spiro atoms. The third-order valence-corrected chi connectivity index (χ3v) is 3.13. The Bertz CT molecular complexity index is 519. The molecule has 6 heteroatoms. The second kappa shape index (κ2) is 3.52. The summed E-state index contributed by atoms with van der Waals surface area (Å²) in [5.41, 5.74) is 5.78. The van der Waals surface area contributed by atoms with Gasteiger partial charge in [0.25, 0.3) is 5.91 Å². The Kier molecular flexibility index (Phi) is 2.18. The highest BCUT2D eigenvalue weighted by molar-refractivity contribution is 6.00. The number of aliphatic hydroxyl groups is 1. The molecule has 2 heterocycles.